The van der Waals surface area contributed by atoms with Crippen LogP contribution >= 0.6 is 59.4 Å². The molecule has 0 aliphatic heterocycles. The second kappa shape index (κ2) is 7.39. The lowest BCUT2D eigenvalue weighted by Crippen LogP contribution is -2.33. The summed E-state index contributed by atoms with van der Waals surface area (Å²) in [5, 5.41) is 2.46. The van der Waals surface area contributed by atoms with Crippen molar-refractivity contribution in [1.29, 1.82) is 0 Å². The molecule has 0 aliphatic rings. The Morgan fingerprint density at radius 3 is 2.45 bits per heavy atom. The summed E-state index contributed by atoms with van der Waals surface area (Å²) < 4.78 is 0.999. The Kier molecular flexibility index (Phi) is 6.09. The van der Waals surface area contributed by atoms with Crippen molar-refractivity contribution in [2.24, 2.45) is 0 Å². The van der Waals surface area contributed by atoms with Gasteiger partial charge in [-0.3, -0.25) is 4.98 Å². The molecule has 0 atom stereocenters. The van der Waals surface area contributed by atoms with Crippen LogP contribution in [0.15, 0.2) is 47.2 Å². The Bertz CT molecular complexity index is 585. The van der Waals surface area contributed by atoms with Crippen molar-refractivity contribution in [2.75, 3.05) is 10.7 Å². The Morgan fingerprint density at radius 1 is 1.10 bits per heavy atom. The molecule has 1 aromatic heterocycles. The summed E-state index contributed by atoms with van der Waals surface area (Å²) in [6, 6.07) is 10.2. The van der Waals surface area contributed by atoms with Gasteiger partial charge in [0.1, 0.15) is 0 Å². The number of rotatable bonds is 5. The minimum atomic E-state index is -0.0482. The smallest absolute Gasteiger partial charge is 0.0410 e. The van der Waals surface area contributed by atoms with Gasteiger partial charge in [-0.2, -0.15) is 0 Å². The van der Waals surface area contributed by atoms with Gasteiger partial charge in [-0.1, -0.05) is 55.6 Å². The van der Waals surface area contributed by atoms with E-state index in [-0.39, 0.29) is 5.41 Å². The lowest BCUT2D eigenvalue weighted by molar-refractivity contribution is 0.550. The summed E-state index contributed by atoms with van der Waals surface area (Å²) in [5.74, 6) is 0. The quantitative estimate of drug-likeness (QED) is 0.494. The summed E-state index contributed by atoms with van der Waals surface area (Å²) in [5.41, 5.74) is 2.37. The molecule has 20 heavy (non-hydrogen) atoms. The van der Waals surface area contributed by atoms with Crippen LogP contribution in [-0.4, -0.2) is 15.6 Å². The summed E-state index contributed by atoms with van der Waals surface area (Å²) >= 11 is 16.9. The average Bonchev–Trinajstić information content (AvgIpc) is 2.45. The molecule has 0 saturated heterocycles. The predicted octanol–water partition coefficient (Wildman–Crippen LogP) is 5.77. The minimum Gasteiger partial charge on any atom is -0.263 e. The zero-order valence-electron chi connectivity index (χ0n) is 10.6. The first kappa shape index (κ1) is 16.5. The largest absolute Gasteiger partial charge is 0.263 e. The minimum absolute atomic E-state index is 0.0482. The molecule has 1 heterocycles. The van der Waals surface area contributed by atoms with E-state index in [1.165, 1.54) is 11.1 Å². The molecule has 1 aromatic carbocycles. The highest BCUT2D eigenvalue weighted by Crippen LogP contribution is 2.34. The molecular formula is C15H13Br3ClN. The number of alkyl halides is 2. The van der Waals surface area contributed by atoms with Gasteiger partial charge in [0.05, 0.1) is 0 Å². The first-order valence-corrected chi connectivity index (χ1v) is 9.48. The summed E-state index contributed by atoms with van der Waals surface area (Å²) in [7, 11) is 0. The fourth-order valence-electron chi connectivity index (χ4n) is 2.15. The molecule has 106 valence electrons. The van der Waals surface area contributed by atoms with Crippen LogP contribution in [0.4, 0.5) is 0 Å². The molecule has 0 aliphatic carbocycles. The fraction of sp³-hybridized carbons (Fsp3) is 0.267. The lowest BCUT2D eigenvalue weighted by Gasteiger charge is -2.31. The van der Waals surface area contributed by atoms with Crippen LogP contribution in [0.1, 0.15) is 11.1 Å². The zero-order valence-corrected chi connectivity index (χ0v) is 16.1. The molecule has 5 heteroatoms. The van der Waals surface area contributed by atoms with Crippen LogP contribution in [0, 0.1) is 0 Å². The molecule has 0 bridgehead atoms. The molecule has 0 amide bonds. The number of hydrogen-bond acceptors (Lipinski definition) is 1. The van der Waals surface area contributed by atoms with Gasteiger partial charge in [-0.25, -0.2) is 0 Å². The second-order valence-corrected chi connectivity index (χ2v) is 7.22. The van der Waals surface area contributed by atoms with Gasteiger partial charge in [0, 0.05) is 38.0 Å². The average molecular weight is 482 g/mol. The van der Waals surface area contributed by atoms with Crippen molar-refractivity contribution in [1.82, 2.24) is 4.98 Å². The van der Waals surface area contributed by atoms with E-state index < -0.39 is 0 Å². The highest BCUT2D eigenvalue weighted by Gasteiger charge is 2.30. The molecular weight excluding hydrogens is 469 g/mol. The van der Waals surface area contributed by atoms with Gasteiger partial charge in [-0.05, 0) is 51.7 Å². The molecule has 0 fully saturated rings. The summed E-state index contributed by atoms with van der Waals surface area (Å²) in [6.07, 6.45) is 4.60. The third-order valence-electron chi connectivity index (χ3n) is 3.25. The van der Waals surface area contributed by atoms with E-state index in [2.05, 4.69) is 64.9 Å². The predicted molar refractivity (Wildman–Crippen MR) is 96.4 cm³/mol. The van der Waals surface area contributed by atoms with E-state index >= 15 is 0 Å². The molecule has 0 radical (unpaired) electrons. The van der Waals surface area contributed by atoms with Gasteiger partial charge in [0.25, 0.3) is 0 Å². The summed E-state index contributed by atoms with van der Waals surface area (Å²) in [6.45, 7) is 0. The van der Waals surface area contributed by atoms with Crippen LogP contribution in [0.5, 0.6) is 0 Å². The number of halogens is 4. The van der Waals surface area contributed by atoms with Crippen LogP contribution in [-0.2, 0) is 11.8 Å². The SMILES string of the molecule is Clc1cccc(C(CBr)(CBr)Cc2cncc(Br)c2)c1. The highest BCUT2D eigenvalue weighted by atomic mass is 79.9. The molecule has 2 rings (SSSR count). The van der Waals surface area contributed by atoms with E-state index in [9.17, 15) is 0 Å². The fourth-order valence-corrected chi connectivity index (χ4v) is 4.72. The molecule has 0 unspecified atom stereocenters. The maximum atomic E-state index is 6.14. The molecule has 1 nitrogen and oxygen atoms in total. The standard InChI is InChI=1S/C15H13Br3ClN/c16-9-15(10-17,12-2-1-3-14(19)5-12)6-11-4-13(18)8-20-7-11/h1-5,7-8H,6,9-10H2. The Balaban J connectivity index is 2.39. The molecule has 0 spiro atoms. The number of nitrogens with zero attached hydrogens (tertiary/aromatic N) is 1. The normalized spacial score (nSPS) is 11.6. The maximum absolute atomic E-state index is 6.14. The lowest BCUT2D eigenvalue weighted by atomic mass is 9.79. The Morgan fingerprint density at radius 2 is 1.85 bits per heavy atom. The number of pyridine rings is 1. The van der Waals surface area contributed by atoms with Crippen molar-refractivity contribution in [3.05, 3.63) is 63.3 Å². The topological polar surface area (TPSA) is 12.9 Å². The van der Waals surface area contributed by atoms with Gasteiger partial charge >= 0.3 is 0 Å². The third-order valence-corrected chi connectivity index (χ3v) is 6.07. The van der Waals surface area contributed by atoms with E-state index in [1.807, 2.05) is 24.4 Å². The van der Waals surface area contributed by atoms with Gasteiger partial charge in [-0.15, -0.1) is 0 Å². The van der Waals surface area contributed by atoms with E-state index in [1.54, 1.807) is 6.20 Å². The maximum Gasteiger partial charge on any atom is 0.0410 e. The Labute approximate surface area is 149 Å². The van der Waals surface area contributed by atoms with E-state index in [0.29, 0.717) is 0 Å². The second-order valence-electron chi connectivity index (χ2n) is 4.75. The highest BCUT2D eigenvalue weighted by molar-refractivity contribution is 9.10. The van der Waals surface area contributed by atoms with Crippen molar-refractivity contribution in [3.8, 4) is 0 Å². The van der Waals surface area contributed by atoms with Crippen LogP contribution in [0.3, 0.4) is 0 Å². The van der Waals surface area contributed by atoms with Crippen LogP contribution in [0.2, 0.25) is 5.02 Å². The van der Waals surface area contributed by atoms with Gasteiger partial charge in [0.2, 0.25) is 0 Å². The van der Waals surface area contributed by atoms with Crippen LogP contribution < -0.4 is 0 Å². The Hall–Kier alpha value is 0.1000. The third kappa shape index (κ3) is 3.85. The van der Waals surface area contributed by atoms with E-state index in [4.69, 9.17) is 11.6 Å². The zero-order chi connectivity index (χ0) is 14.6. The van der Waals surface area contributed by atoms with Crippen molar-refractivity contribution in [2.45, 2.75) is 11.8 Å². The monoisotopic (exact) mass is 479 g/mol. The summed E-state index contributed by atoms with van der Waals surface area (Å²) in [4.78, 5) is 4.24. The molecule has 2 aromatic rings. The van der Waals surface area contributed by atoms with Crippen LogP contribution in [0.25, 0.3) is 0 Å². The number of hydrogen-bond donors (Lipinski definition) is 0. The first-order chi connectivity index (χ1) is 9.59. The molecule has 0 N–H and O–H groups in total. The number of aromatic nitrogens is 1. The van der Waals surface area contributed by atoms with Gasteiger partial charge < -0.3 is 0 Å². The van der Waals surface area contributed by atoms with Crippen molar-refractivity contribution < 1.29 is 0 Å². The molecule has 0 saturated carbocycles. The van der Waals surface area contributed by atoms with Crippen molar-refractivity contribution >= 4 is 59.4 Å². The van der Waals surface area contributed by atoms with E-state index in [0.717, 1.165) is 26.6 Å². The van der Waals surface area contributed by atoms with Crippen molar-refractivity contribution in [3.63, 3.8) is 0 Å². The van der Waals surface area contributed by atoms with Gasteiger partial charge in [0.15, 0.2) is 0 Å². The first-order valence-electron chi connectivity index (χ1n) is 6.07. The number of benzene rings is 1.